The Morgan fingerprint density at radius 2 is 0.505 bits per heavy atom. The Labute approximate surface area is 574 Å². The summed E-state index contributed by atoms with van der Waals surface area (Å²) in [6, 6.07) is 45.2. The van der Waals surface area contributed by atoms with Gasteiger partial charge in [0.2, 0.25) is 0 Å². The Morgan fingerprint density at radius 3 is 0.752 bits per heavy atom. The fourth-order valence-electron chi connectivity index (χ4n) is 8.41. The summed E-state index contributed by atoms with van der Waals surface area (Å²) in [4.78, 5) is 90.7. The first-order valence-electron chi connectivity index (χ1n) is 29.4. The lowest BCUT2D eigenvalue weighted by atomic mass is 10.1. The van der Waals surface area contributed by atoms with Crippen LogP contribution in [0.5, 0.6) is 28.7 Å². The summed E-state index contributed by atoms with van der Waals surface area (Å²) < 4.78 is 103. The Kier molecular flexibility index (Phi) is 31.5. The first kappa shape index (κ1) is 79.1. The molecule has 101 heavy (non-hydrogen) atoms. The van der Waals surface area contributed by atoms with Gasteiger partial charge in [0, 0.05) is 22.3 Å². The van der Waals surface area contributed by atoms with Gasteiger partial charge in [-0.25, -0.2) is 55.9 Å². The number of carboxylic acids is 2. The van der Waals surface area contributed by atoms with Crippen LogP contribution in [0.2, 0.25) is 0 Å². The molecular weight excluding hydrogens is 1330 g/mol. The van der Waals surface area contributed by atoms with Crippen molar-refractivity contribution in [2.24, 2.45) is 0 Å². The molecule has 0 saturated carbocycles. The third-order valence-electron chi connectivity index (χ3n) is 13.5. The molecule has 0 unspecified atom stereocenters. The average Bonchev–Trinajstić information content (AvgIpc) is 0.869. The predicted molar refractivity (Wildman–Crippen MR) is 351 cm³/mol. The van der Waals surface area contributed by atoms with E-state index in [0.717, 1.165) is 0 Å². The van der Waals surface area contributed by atoms with E-state index in [0.29, 0.717) is 39.1 Å². The van der Waals surface area contributed by atoms with Gasteiger partial charge in [-0.15, -0.1) is 0 Å². The predicted octanol–water partition coefficient (Wildman–Crippen LogP) is 12.1. The molecule has 528 valence electrons. The molecule has 0 aliphatic heterocycles. The van der Waals surface area contributed by atoms with Crippen molar-refractivity contribution in [2.75, 3.05) is 42.7 Å². The molecule has 0 radical (unpaired) electrons. The number of methoxy groups -OCH3 is 6. The molecule has 0 aliphatic rings. The third kappa shape index (κ3) is 25.1. The van der Waals surface area contributed by atoms with Crippen molar-refractivity contribution < 1.29 is 129 Å². The molecule has 5 N–H and O–H groups in total. The molecule has 9 aromatic carbocycles. The summed E-state index contributed by atoms with van der Waals surface area (Å²) in [5.41, 5.74) is 3.08. The number of aliphatic hydroxyl groups excluding tert-OH is 2. The van der Waals surface area contributed by atoms with Crippen molar-refractivity contribution in [1.29, 1.82) is 0 Å². The zero-order valence-electron chi connectivity index (χ0n) is 54.7. The number of aliphatic hydroxyl groups is 2. The maximum atomic E-state index is 13.6. The molecule has 0 atom stereocenters. The number of ether oxygens (including phenoxy) is 10. The second-order valence-corrected chi connectivity index (χ2v) is 20.4. The lowest BCUT2D eigenvalue weighted by Crippen LogP contribution is -2.08. The van der Waals surface area contributed by atoms with Crippen LogP contribution < -0.4 is 18.9 Å². The Balaban J connectivity index is 0.000000229. The lowest BCUT2D eigenvalue weighted by molar-refractivity contribution is 0.0581. The highest BCUT2D eigenvalue weighted by molar-refractivity contribution is 5.98. The highest BCUT2D eigenvalue weighted by Gasteiger charge is 2.19. The average molecular weight is 1400 g/mol. The van der Waals surface area contributed by atoms with E-state index in [4.69, 9.17) is 34.3 Å². The monoisotopic (exact) mass is 1400 g/mol. The summed E-state index contributed by atoms with van der Waals surface area (Å²) >= 11 is 0. The number of hydrogen-bond acceptors (Lipinski definition) is 21. The van der Waals surface area contributed by atoms with Crippen LogP contribution in [0, 0.1) is 23.3 Å². The summed E-state index contributed by atoms with van der Waals surface area (Å²) in [6.45, 7) is -0.644. The second kappa shape index (κ2) is 40.2. The third-order valence-corrected chi connectivity index (χ3v) is 13.5. The fraction of sp³-hybridized carbons (Fsp3) is 0.162. The minimum Gasteiger partial charge on any atom is -0.508 e. The smallest absolute Gasteiger partial charge is 0.338 e. The maximum Gasteiger partial charge on any atom is 0.338 e. The van der Waals surface area contributed by atoms with E-state index in [1.54, 1.807) is 78.9 Å². The molecule has 0 fully saturated rings. The summed E-state index contributed by atoms with van der Waals surface area (Å²) in [5.74, 6) is -6.77. The second-order valence-electron chi connectivity index (χ2n) is 20.4. The first-order valence-corrected chi connectivity index (χ1v) is 29.4. The van der Waals surface area contributed by atoms with Crippen molar-refractivity contribution in [1.82, 2.24) is 0 Å². The number of rotatable bonds is 22. The molecule has 0 bridgehead atoms. The van der Waals surface area contributed by atoms with Crippen molar-refractivity contribution in [3.63, 3.8) is 0 Å². The van der Waals surface area contributed by atoms with Crippen LogP contribution in [0.4, 0.5) is 17.6 Å². The minimum absolute atomic E-state index is 0.0133. The van der Waals surface area contributed by atoms with Gasteiger partial charge >= 0.3 is 47.8 Å². The molecule has 0 aromatic heterocycles. The number of carboxylic acid groups (broad SMARTS) is 2. The SMILES string of the molecule is COC(=O)c1cc(CO)cc(OCc2ccccc2F)c1.COC(=O)c1cc(O)cc(C(=O)OC)c1.COC(=O)c1cc(OCc2ccccc2F)cc(C(=O)O)c1.COC(=O)c1cc(OCc2ccccc2F)cc(C(=O)OC)c1.O=C(O)c1cc(CO)cc(OCc2ccccc2F)c1. The number of carbonyl (C=O) groups excluding carboxylic acids is 6. The Morgan fingerprint density at radius 1 is 0.297 bits per heavy atom. The summed E-state index contributed by atoms with van der Waals surface area (Å²) in [7, 11) is 7.35. The molecule has 0 aliphatic carbocycles. The minimum atomic E-state index is -1.21. The van der Waals surface area contributed by atoms with Gasteiger partial charge in [0.25, 0.3) is 0 Å². The Bertz CT molecular complexity index is 4300. The van der Waals surface area contributed by atoms with Crippen LogP contribution in [0.15, 0.2) is 188 Å². The molecule has 0 spiro atoms. The zero-order valence-corrected chi connectivity index (χ0v) is 54.7. The number of halogens is 4. The van der Waals surface area contributed by atoms with Crippen molar-refractivity contribution in [3.05, 3.63) is 289 Å². The summed E-state index contributed by atoms with van der Waals surface area (Å²) in [5, 5.41) is 45.6. The summed E-state index contributed by atoms with van der Waals surface area (Å²) in [6.07, 6.45) is 0. The molecule has 23 nitrogen and oxygen atoms in total. The topological polar surface area (TPSA) is 330 Å². The quantitative estimate of drug-likeness (QED) is 0.0239. The van der Waals surface area contributed by atoms with Gasteiger partial charge in [-0.3, -0.25) is 0 Å². The van der Waals surface area contributed by atoms with Crippen LogP contribution in [0.1, 0.15) is 116 Å². The largest absolute Gasteiger partial charge is 0.508 e. The van der Waals surface area contributed by atoms with E-state index in [1.807, 2.05) is 0 Å². The van der Waals surface area contributed by atoms with Crippen LogP contribution in [-0.2, 0) is 68.1 Å². The van der Waals surface area contributed by atoms with Crippen molar-refractivity contribution in [2.45, 2.75) is 39.6 Å². The molecule has 9 rings (SSSR count). The Hall–Kier alpha value is -12.6. The molecule has 0 amide bonds. The van der Waals surface area contributed by atoms with Crippen LogP contribution >= 0.6 is 0 Å². The molecule has 9 aromatic rings. The highest BCUT2D eigenvalue weighted by atomic mass is 19.1. The number of esters is 6. The van der Waals surface area contributed by atoms with Gasteiger partial charge in [0.05, 0.1) is 100 Å². The van der Waals surface area contributed by atoms with Crippen LogP contribution in [0.25, 0.3) is 0 Å². The molecule has 0 saturated heterocycles. The van der Waals surface area contributed by atoms with Gasteiger partial charge in [-0.05, 0) is 126 Å². The highest BCUT2D eigenvalue weighted by Crippen LogP contribution is 2.26. The molecular formula is C74H66F4O23. The van der Waals surface area contributed by atoms with E-state index in [1.165, 1.54) is 152 Å². The van der Waals surface area contributed by atoms with E-state index in [9.17, 15) is 66.1 Å². The lowest BCUT2D eigenvalue weighted by Gasteiger charge is -2.10. The number of benzene rings is 9. The van der Waals surface area contributed by atoms with Gasteiger partial charge in [-0.1, -0.05) is 72.8 Å². The van der Waals surface area contributed by atoms with E-state index >= 15 is 0 Å². The van der Waals surface area contributed by atoms with E-state index in [2.05, 4.69) is 28.4 Å². The first-order chi connectivity index (χ1) is 48.4. The number of hydrogen-bond donors (Lipinski definition) is 5. The van der Waals surface area contributed by atoms with Crippen LogP contribution in [-0.4, -0.2) is 116 Å². The zero-order chi connectivity index (χ0) is 74.1. The molecule has 0 heterocycles. The van der Waals surface area contributed by atoms with Gasteiger partial charge in [0.1, 0.15) is 78.4 Å². The molecule has 27 heteroatoms. The number of phenolic OH excluding ortho intramolecular Hbond substituents is 1. The maximum absolute atomic E-state index is 13.6. The van der Waals surface area contributed by atoms with E-state index < -0.39 is 59.4 Å². The number of aromatic hydroxyl groups is 1. The van der Waals surface area contributed by atoms with Crippen molar-refractivity contribution in [3.8, 4) is 28.7 Å². The normalized spacial score (nSPS) is 10.1. The van der Waals surface area contributed by atoms with Gasteiger partial charge in [-0.2, -0.15) is 0 Å². The number of aromatic carboxylic acids is 2. The van der Waals surface area contributed by atoms with Crippen LogP contribution in [0.3, 0.4) is 0 Å². The van der Waals surface area contributed by atoms with Gasteiger partial charge < -0.3 is 72.9 Å². The standard InChI is InChI=1S/C17H15FO5.C16H13FO5.C16H15FO4.C15H13FO4.C10H10O5/c1-21-16(19)12-7-13(17(20)22-2)9-14(8-12)23-10-11-5-3-4-6-15(11)18;1-21-16(20)12-6-11(15(18)19)7-13(8-12)22-9-10-4-2-3-5-14(10)17;1-20-16(19)13-6-11(9-18)7-14(8-13)21-10-12-4-2-3-5-15(12)17;16-14-4-2-1-3-11(14)9-20-13-6-10(8-17)5-12(7-13)15(18)19;1-14-9(12)6-3-7(10(13)15-2)5-8(11)4-6/h3-9H,10H2,1-2H3;2-8H,9H2,1H3,(H,18,19);2-8,18H,9-10H2,1H3;1-7,17H,8-9H2,(H,18,19);3-5,11H,1-2H3. The number of carbonyl (C=O) groups is 8. The van der Waals surface area contributed by atoms with Crippen molar-refractivity contribution >= 4 is 47.8 Å². The fourth-order valence-corrected chi connectivity index (χ4v) is 8.41. The van der Waals surface area contributed by atoms with Gasteiger partial charge in [0.15, 0.2) is 0 Å². The van der Waals surface area contributed by atoms with E-state index in [-0.39, 0.29) is 119 Å². The number of phenols is 1.